The van der Waals surface area contributed by atoms with E-state index >= 15 is 0 Å². The van der Waals surface area contributed by atoms with E-state index in [0.717, 1.165) is 22.2 Å². The number of rotatable bonds is 0. The highest BCUT2D eigenvalue weighted by Gasteiger charge is 2.06. The molecule has 1 aromatic carbocycles. The molecule has 2 aromatic rings. The van der Waals surface area contributed by atoms with Crippen molar-refractivity contribution in [3.63, 3.8) is 0 Å². The predicted octanol–water partition coefficient (Wildman–Crippen LogP) is 1.06. The topological polar surface area (TPSA) is 74.7 Å². The standard InChI is InChI=1S/C9H11N3O/c1-4-3-6(10)5(2)8-7(4)11-9(13)12-8/h3H,10H2,1-2H3,(H2,11,12,13). The van der Waals surface area contributed by atoms with Gasteiger partial charge in [0.25, 0.3) is 0 Å². The maximum atomic E-state index is 11.1. The quantitative estimate of drug-likeness (QED) is 0.526. The van der Waals surface area contributed by atoms with Crippen LogP contribution < -0.4 is 11.4 Å². The molecule has 0 aliphatic rings. The number of benzene rings is 1. The van der Waals surface area contributed by atoms with E-state index in [0.29, 0.717) is 5.69 Å². The molecular formula is C9H11N3O. The second kappa shape index (κ2) is 2.39. The Labute approximate surface area is 74.8 Å². The van der Waals surface area contributed by atoms with Gasteiger partial charge in [-0.05, 0) is 31.0 Å². The first kappa shape index (κ1) is 7.91. The van der Waals surface area contributed by atoms with Gasteiger partial charge in [-0.1, -0.05) is 0 Å². The second-order valence-corrected chi connectivity index (χ2v) is 3.24. The fourth-order valence-electron chi connectivity index (χ4n) is 1.52. The summed E-state index contributed by atoms with van der Waals surface area (Å²) >= 11 is 0. The number of hydrogen-bond donors (Lipinski definition) is 3. The van der Waals surface area contributed by atoms with Gasteiger partial charge in [-0.3, -0.25) is 0 Å². The van der Waals surface area contributed by atoms with E-state index in [9.17, 15) is 4.79 Å². The molecule has 0 aliphatic heterocycles. The highest BCUT2D eigenvalue weighted by Crippen LogP contribution is 2.22. The Balaban J connectivity index is 3.04. The maximum Gasteiger partial charge on any atom is 0.323 e. The summed E-state index contributed by atoms with van der Waals surface area (Å²) in [5.41, 5.74) is 9.83. The van der Waals surface area contributed by atoms with Crippen molar-refractivity contribution in [2.45, 2.75) is 13.8 Å². The summed E-state index contributed by atoms with van der Waals surface area (Å²) in [7, 11) is 0. The summed E-state index contributed by atoms with van der Waals surface area (Å²) in [6.07, 6.45) is 0. The first-order chi connectivity index (χ1) is 6.09. The molecule has 1 aromatic heterocycles. The molecule has 0 amide bonds. The minimum Gasteiger partial charge on any atom is -0.398 e. The fraction of sp³-hybridized carbons (Fsp3) is 0.222. The average molecular weight is 177 g/mol. The van der Waals surface area contributed by atoms with Crippen LogP contribution in [-0.2, 0) is 0 Å². The smallest absolute Gasteiger partial charge is 0.323 e. The molecule has 2 rings (SSSR count). The monoisotopic (exact) mass is 177 g/mol. The van der Waals surface area contributed by atoms with E-state index in [-0.39, 0.29) is 5.69 Å². The van der Waals surface area contributed by atoms with Crippen LogP contribution in [0.5, 0.6) is 0 Å². The minimum atomic E-state index is -0.188. The largest absolute Gasteiger partial charge is 0.398 e. The maximum absolute atomic E-state index is 11.1. The molecule has 13 heavy (non-hydrogen) atoms. The van der Waals surface area contributed by atoms with Crippen LogP contribution in [0.2, 0.25) is 0 Å². The number of aromatic amines is 2. The SMILES string of the molecule is Cc1cc(N)c(C)c2[nH]c(=O)[nH]c12. The molecule has 1 heterocycles. The first-order valence-corrected chi connectivity index (χ1v) is 4.07. The van der Waals surface area contributed by atoms with Crippen molar-refractivity contribution in [1.29, 1.82) is 0 Å². The van der Waals surface area contributed by atoms with Gasteiger partial charge < -0.3 is 15.7 Å². The number of fused-ring (bicyclic) bond motifs is 1. The zero-order valence-electron chi connectivity index (χ0n) is 7.56. The number of imidazole rings is 1. The zero-order chi connectivity index (χ0) is 9.59. The number of H-pyrrole nitrogens is 2. The van der Waals surface area contributed by atoms with Crippen LogP contribution in [0.25, 0.3) is 11.0 Å². The third-order valence-corrected chi connectivity index (χ3v) is 2.30. The van der Waals surface area contributed by atoms with Gasteiger partial charge in [0.2, 0.25) is 0 Å². The lowest BCUT2D eigenvalue weighted by Gasteiger charge is -2.03. The van der Waals surface area contributed by atoms with Gasteiger partial charge in [-0.15, -0.1) is 0 Å². The normalized spacial score (nSPS) is 10.9. The lowest BCUT2D eigenvalue weighted by Crippen LogP contribution is -1.99. The molecule has 4 nitrogen and oxygen atoms in total. The lowest BCUT2D eigenvalue weighted by molar-refractivity contribution is 1.21. The summed E-state index contributed by atoms with van der Waals surface area (Å²) in [5, 5.41) is 0. The number of hydrogen-bond acceptors (Lipinski definition) is 2. The van der Waals surface area contributed by atoms with Crippen molar-refractivity contribution in [2.24, 2.45) is 0 Å². The number of aryl methyl sites for hydroxylation is 2. The fourth-order valence-corrected chi connectivity index (χ4v) is 1.52. The van der Waals surface area contributed by atoms with E-state index in [2.05, 4.69) is 9.97 Å². The molecule has 0 fully saturated rings. The first-order valence-electron chi connectivity index (χ1n) is 4.07. The van der Waals surface area contributed by atoms with Crippen molar-refractivity contribution >= 4 is 16.7 Å². The lowest BCUT2D eigenvalue weighted by atomic mass is 10.1. The average Bonchev–Trinajstić information content (AvgIpc) is 2.44. The van der Waals surface area contributed by atoms with Crippen LogP contribution in [0.3, 0.4) is 0 Å². The third-order valence-electron chi connectivity index (χ3n) is 2.30. The second-order valence-electron chi connectivity index (χ2n) is 3.24. The molecule has 0 unspecified atom stereocenters. The van der Waals surface area contributed by atoms with E-state index < -0.39 is 0 Å². The van der Waals surface area contributed by atoms with E-state index in [1.807, 2.05) is 19.9 Å². The van der Waals surface area contributed by atoms with E-state index in [4.69, 9.17) is 5.73 Å². The van der Waals surface area contributed by atoms with Crippen LogP contribution >= 0.6 is 0 Å². The third kappa shape index (κ3) is 1.02. The van der Waals surface area contributed by atoms with Crippen molar-refractivity contribution in [3.8, 4) is 0 Å². The number of nitrogen functional groups attached to an aromatic ring is 1. The Morgan fingerprint density at radius 2 is 1.85 bits per heavy atom. The molecule has 4 heteroatoms. The Morgan fingerprint density at radius 3 is 2.54 bits per heavy atom. The minimum absolute atomic E-state index is 0.188. The molecule has 0 spiro atoms. The predicted molar refractivity (Wildman–Crippen MR) is 52.8 cm³/mol. The number of nitrogens with one attached hydrogen (secondary N) is 2. The van der Waals surface area contributed by atoms with Gasteiger partial charge in [-0.25, -0.2) is 4.79 Å². The van der Waals surface area contributed by atoms with Gasteiger partial charge >= 0.3 is 5.69 Å². The van der Waals surface area contributed by atoms with E-state index in [1.54, 1.807) is 0 Å². The summed E-state index contributed by atoms with van der Waals surface area (Å²) in [4.78, 5) is 16.5. The molecule has 0 radical (unpaired) electrons. The van der Waals surface area contributed by atoms with Gasteiger partial charge in [0.15, 0.2) is 0 Å². The molecule has 0 bridgehead atoms. The highest BCUT2D eigenvalue weighted by atomic mass is 16.1. The molecule has 0 aliphatic carbocycles. The van der Waals surface area contributed by atoms with Crippen LogP contribution in [0.1, 0.15) is 11.1 Å². The van der Waals surface area contributed by atoms with Crippen LogP contribution in [0.15, 0.2) is 10.9 Å². The van der Waals surface area contributed by atoms with Gasteiger partial charge in [0.1, 0.15) is 0 Å². The van der Waals surface area contributed by atoms with Crippen LogP contribution in [0.4, 0.5) is 5.69 Å². The van der Waals surface area contributed by atoms with Crippen LogP contribution in [0, 0.1) is 13.8 Å². The molecule has 0 saturated heterocycles. The van der Waals surface area contributed by atoms with Crippen molar-refractivity contribution < 1.29 is 0 Å². The molecular weight excluding hydrogens is 166 g/mol. The van der Waals surface area contributed by atoms with E-state index in [1.165, 1.54) is 0 Å². The Hall–Kier alpha value is -1.71. The number of aromatic nitrogens is 2. The summed E-state index contributed by atoms with van der Waals surface area (Å²) < 4.78 is 0. The molecule has 68 valence electrons. The van der Waals surface area contributed by atoms with Gasteiger partial charge in [-0.2, -0.15) is 0 Å². The van der Waals surface area contributed by atoms with Gasteiger partial charge in [0, 0.05) is 5.69 Å². The summed E-state index contributed by atoms with van der Waals surface area (Å²) in [6, 6.07) is 1.86. The summed E-state index contributed by atoms with van der Waals surface area (Å²) in [5.74, 6) is 0. The highest BCUT2D eigenvalue weighted by molar-refractivity contribution is 5.85. The number of nitrogens with two attached hydrogens (primary N) is 1. The molecule has 0 saturated carbocycles. The number of anilines is 1. The zero-order valence-corrected chi connectivity index (χ0v) is 7.56. The Morgan fingerprint density at radius 1 is 1.23 bits per heavy atom. The van der Waals surface area contributed by atoms with Crippen molar-refractivity contribution in [2.75, 3.05) is 5.73 Å². The molecule has 0 atom stereocenters. The Bertz CT molecular complexity index is 521. The van der Waals surface area contributed by atoms with Gasteiger partial charge in [0.05, 0.1) is 11.0 Å². The van der Waals surface area contributed by atoms with Crippen LogP contribution in [-0.4, -0.2) is 9.97 Å². The van der Waals surface area contributed by atoms with Crippen molar-refractivity contribution in [1.82, 2.24) is 9.97 Å². The Kier molecular flexibility index (Phi) is 1.45. The van der Waals surface area contributed by atoms with Crippen molar-refractivity contribution in [3.05, 3.63) is 27.7 Å². The molecule has 4 N–H and O–H groups in total. The summed E-state index contributed by atoms with van der Waals surface area (Å²) in [6.45, 7) is 3.81.